The highest BCUT2D eigenvalue weighted by atomic mass is 16.4. The number of carboxylic acid groups (broad SMARTS) is 1. The molecule has 2 aliphatic heterocycles. The van der Waals surface area contributed by atoms with Gasteiger partial charge in [-0.1, -0.05) is 6.42 Å². The van der Waals surface area contributed by atoms with E-state index in [4.69, 9.17) is 10.8 Å². The molecule has 7 heteroatoms. The Morgan fingerprint density at radius 3 is 2.09 bits per heavy atom. The molecule has 2 saturated heterocycles. The number of hydrogen-bond acceptors (Lipinski definition) is 4. The average molecular weight is 325 g/mol. The second kappa shape index (κ2) is 7.77. The van der Waals surface area contributed by atoms with Crippen molar-refractivity contribution >= 4 is 17.8 Å². The van der Waals surface area contributed by atoms with Crippen molar-refractivity contribution in [3.8, 4) is 0 Å². The Bertz CT molecular complexity index is 452. The molecule has 2 rings (SSSR count). The number of hydrogen-bond donors (Lipinski definition) is 2. The molecule has 3 N–H and O–H groups in total. The van der Waals surface area contributed by atoms with E-state index in [0.29, 0.717) is 32.4 Å². The first-order valence-corrected chi connectivity index (χ1v) is 8.50. The highest BCUT2D eigenvalue weighted by molar-refractivity contribution is 5.85. The number of nitrogens with two attached hydrogens (primary N) is 1. The molecule has 2 aliphatic rings. The van der Waals surface area contributed by atoms with Gasteiger partial charge in [-0.25, -0.2) is 0 Å². The Hall–Kier alpha value is -1.63. The Morgan fingerprint density at radius 2 is 1.57 bits per heavy atom. The van der Waals surface area contributed by atoms with Gasteiger partial charge in [0.15, 0.2) is 0 Å². The van der Waals surface area contributed by atoms with Gasteiger partial charge in [0.05, 0.1) is 0 Å². The van der Waals surface area contributed by atoms with E-state index >= 15 is 0 Å². The zero-order valence-electron chi connectivity index (χ0n) is 13.6. The number of piperidine rings is 2. The molecule has 2 heterocycles. The Morgan fingerprint density at radius 1 is 0.957 bits per heavy atom. The highest BCUT2D eigenvalue weighted by Gasteiger charge is 2.45. The summed E-state index contributed by atoms with van der Waals surface area (Å²) in [6, 6.07) is 0. The van der Waals surface area contributed by atoms with Gasteiger partial charge in [-0.2, -0.15) is 0 Å². The Kier molecular flexibility index (Phi) is 5.98. The minimum Gasteiger partial charge on any atom is -0.481 e. The third-order valence-corrected chi connectivity index (χ3v) is 5.14. The van der Waals surface area contributed by atoms with Gasteiger partial charge in [0.1, 0.15) is 5.54 Å². The molecule has 2 amide bonds. The van der Waals surface area contributed by atoms with Gasteiger partial charge in [0.25, 0.3) is 0 Å². The topological polar surface area (TPSA) is 104 Å². The minimum atomic E-state index is -0.880. The summed E-state index contributed by atoms with van der Waals surface area (Å²) in [5, 5.41) is 8.63. The lowest BCUT2D eigenvalue weighted by Crippen LogP contribution is -2.63. The van der Waals surface area contributed by atoms with E-state index in [1.54, 1.807) is 4.90 Å². The molecule has 130 valence electrons. The normalized spacial score (nSPS) is 21.8. The van der Waals surface area contributed by atoms with Crippen LogP contribution in [-0.4, -0.2) is 64.4 Å². The molecule has 0 saturated carbocycles. The molecule has 0 aromatic heterocycles. The first kappa shape index (κ1) is 17.7. The fraction of sp³-hybridized carbons (Fsp3) is 0.812. The van der Waals surface area contributed by atoms with Crippen molar-refractivity contribution in [3.05, 3.63) is 0 Å². The maximum absolute atomic E-state index is 12.1. The molecule has 0 bridgehead atoms. The van der Waals surface area contributed by atoms with Crippen molar-refractivity contribution in [2.24, 2.45) is 5.73 Å². The van der Waals surface area contributed by atoms with E-state index < -0.39 is 11.5 Å². The zero-order chi connectivity index (χ0) is 16.9. The largest absolute Gasteiger partial charge is 0.481 e. The SMILES string of the molecule is NC(=O)C1(N2CCCCC2)CCN(C(=O)CCCC(=O)O)CC1. The molecule has 0 radical (unpaired) electrons. The molecule has 23 heavy (non-hydrogen) atoms. The zero-order valence-corrected chi connectivity index (χ0v) is 13.6. The van der Waals surface area contributed by atoms with Crippen molar-refractivity contribution in [2.45, 2.75) is 56.9 Å². The van der Waals surface area contributed by atoms with Gasteiger partial charge >= 0.3 is 5.97 Å². The molecule has 0 aromatic carbocycles. The van der Waals surface area contributed by atoms with Crippen molar-refractivity contribution < 1.29 is 19.5 Å². The fourth-order valence-electron chi connectivity index (χ4n) is 3.72. The summed E-state index contributed by atoms with van der Waals surface area (Å²) < 4.78 is 0. The molecule has 0 aromatic rings. The van der Waals surface area contributed by atoms with Crippen LogP contribution in [0.3, 0.4) is 0 Å². The third kappa shape index (κ3) is 4.22. The number of aliphatic carboxylic acids is 1. The molecule has 0 spiro atoms. The number of amides is 2. The number of primary amides is 1. The Balaban J connectivity index is 1.90. The van der Waals surface area contributed by atoms with Crippen LogP contribution in [0.5, 0.6) is 0 Å². The van der Waals surface area contributed by atoms with E-state index in [1.807, 2.05) is 0 Å². The molecule has 2 fully saturated rings. The van der Waals surface area contributed by atoms with Gasteiger partial charge in [0, 0.05) is 25.9 Å². The van der Waals surface area contributed by atoms with Crippen molar-refractivity contribution in [1.82, 2.24) is 9.80 Å². The number of carbonyl (C=O) groups excluding carboxylic acids is 2. The molecule has 0 atom stereocenters. The lowest BCUT2D eigenvalue weighted by Gasteiger charge is -2.48. The second-order valence-corrected chi connectivity index (χ2v) is 6.57. The number of carboxylic acids is 1. The van der Waals surface area contributed by atoms with E-state index in [-0.39, 0.29) is 24.7 Å². The minimum absolute atomic E-state index is 0.0125. The van der Waals surface area contributed by atoms with Crippen molar-refractivity contribution in [2.75, 3.05) is 26.2 Å². The van der Waals surface area contributed by atoms with Crippen LogP contribution < -0.4 is 5.73 Å². The van der Waals surface area contributed by atoms with E-state index in [1.165, 1.54) is 6.42 Å². The molecule has 7 nitrogen and oxygen atoms in total. The third-order valence-electron chi connectivity index (χ3n) is 5.14. The quantitative estimate of drug-likeness (QED) is 0.743. The first-order valence-electron chi connectivity index (χ1n) is 8.50. The van der Waals surface area contributed by atoms with Gasteiger partial charge in [0.2, 0.25) is 11.8 Å². The van der Waals surface area contributed by atoms with Gasteiger partial charge < -0.3 is 15.7 Å². The number of carbonyl (C=O) groups is 3. The molecular formula is C16H27N3O4. The van der Waals surface area contributed by atoms with E-state index in [2.05, 4.69) is 4.90 Å². The standard InChI is InChI=1S/C16H27N3O4/c17-15(23)16(19-9-2-1-3-10-19)7-11-18(12-8-16)13(20)5-4-6-14(21)22/h1-12H2,(H2,17,23)(H,21,22). The van der Waals surface area contributed by atoms with Crippen LogP contribution in [0.4, 0.5) is 0 Å². The number of rotatable bonds is 6. The average Bonchev–Trinajstić information content (AvgIpc) is 2.55. The smallest absolute Gasteiger partial charge is 0.303 e. The first-order chi connectivity index (χ1) is 11.0. The van der Waals surface area contributed by atoms with Crippen LogP contribution in [0.2, 0.25) is 0 Å². The van der Waals surface area contributed by atoms with Crippen LogP contribution >= 0.6 is 0 Å². The summed E-state index contributed by atoms with van der Waals surface area (Å²) in [6.07, 6.45) is 5.15. The number of nitrogens with zero attached hydrogens (tertiary/aromatic N) is 2. The predicted molar refractivity (Wildman–Crippen MR) is 84.7 cm³/mol. The summed E-state index contributed by atoms with van der Waals surface area (Å²) in [7, 11) is 0. The Labute approximate surface area is 136 Å². The highest BCUT2D eigenvalue weighted by Crippen LogP contribution is 2.31. The summed E-state index contributed by atoms with van der Waals surface area (Å²) in [6.45, 7) is 2.84. The van der Waals surface area contributed by atoms with Crippen LogP contribution in [0.25, 0.3) is 0 Å². The van der Waals surface area contributed by atoms with Gasteiger partial charge in [-0.05, 0) is 45.2 Å². The molecular weight excluding hydrogens is 298 g/mol. The van der Waals surface area contributed by atoms with E-state index in [0.717, 1.165) is 25.9 Å². The summed E-state index contributed by atoms with van der Waals surface area (Å²) in [4.78, 5) is 38.7. The lowest BCUT2D eigenvalue weighted by atomic mass is 9.83. The monoisotopic (exact) mass is 325 g/mol. The predicted octanol–water partition coefficient (Wildman–Crippen LogP) is 0.574. The maximum atomic E-state index is 12.1. The summed E-state index contributed by atoms with van der Waals surface area (Å²) in [5.74, 6) is -1.19. The van der Waals surface area contributed by atoms with Crippen molar-refractivity contribution in [1.29, 1.82) is 0 Å². The van der Waals surface area contributed by atoms with Gasteiger partial charge in [-0.15, -0.1) is 0 Å². The lowest BCUT2D eigenvalue weighted by molar-refractivity contribution is -0.142. The maximum Gasteiger partial charge on any atom is 0.303 e. The summed E-state index contributed by atoms with van der Waals surface area (Å²) >= 11 is 0. The van der Waals surface area contributed by atoms with Crippen LogP contribution in [0.1, 0.15) is 51.4 Å². The second-order valence-electron chi connectivity index (χ2n) is 6.57. The number of likely N-dealkylation sites (tertiary alicyclic amines) is 2. The van der Waals surface area contributed by atoms with E-state index in [9.17, 15) is 14.4 Å². The van der Waals surface area contributed by atoms with Crippen LogP contribution in [0, 0.1) is 0 Å². The summed E-state index contributed by atoms with van der Waals surface area (Å²) in [5.41, 5.74) is 5.11. The molecule has 0 aliphatic carbocycles. The van der Waals surface area contributed by atoms with Crippen LogP contribution in [0.15, 0.2) is 0 Å². The molecule has 0 unspecified atom stereocenters. The van der Waals surface area contributed by atoms with Crippen molar-refractivity contribution in [3.63, 3.8) is 0 Å². The van der Waals surface area contributed by atoms with Gasteiger partial charge in [-0.3, -0.25) is 19.3 Å². The van der Waals surface area contributed by atoms with Crippen LogP contribution in [-0.2, 0) is 14.4 Å². The fourth-order valence-corrected chi connectivity index (χ4v) is 3.72.